The van der Waals surface area contributed by atoms with Gasteiger partial charge in [0.15, 0.2) is 0 Å². The molecule has 0 spiro atoms. The van der Waals surface area contributed by atoms with Gasteiger partial charge < -0.3 is 4.74 Å². The number of nitrogens with zero attached hydrogens (tertiary/aromatic N) is 2. The number of pyridine rings is 1. The van der Waals surface area contributed by atoms with Gasteiger partial charge in [-0.25, -0.2) is 4.99 Å². The summed E-state index contributed by atoms with van der Waals surface area (Å²) < 4.78 is 5.95. The molecule has 0 saturated carbocycles. The summed E-state index contributed by atoms with van der Waals surface area (Å²) in [6.07, 6.45) is 1.71. The fraction of sp³-hybridized carbons (Fsp3) is 0.0526. The average molecular weight is 288 g/mol. The Kier molecular flexibility index (Phi) is 4.25. The number of ether oxygens (including phenoxy) is 1. The normalized spacial score (nSPS) is 11.2. The summed E-state index contributed by atoms with van der Waals surface area (Å²) >= 11 is 0. The van der Waals surface area contributed by atoms with Crippen molar-refractivity contribution in [2.45, 2.75) is 6.92 Å². The van der Waals surface area contributed by atoms with Gasteiger partial charge in [0.2, 0.25) is 5.90 Å². The van der Waals surface area contributed by atoms with Crippen LogP contribution in [-0.4, -0.2) is 10.9 Å². The second kappa shape index (κ2) is 6.68. The number of rotatable bonds is 3. The molecule has 0 atom stereocenters. The molecule has 22 heavy (non-hydrogen) atoms. The summed E-state index contributed by atoms with van der Waals surface area (Å²) in [7, 11) is 0. The smallest absolute Gasteiger partial charge is 0.227 e. The Labute approximate surface area is 130 Å². The minimum absolute atomic E-state index is 0.553. The highest BCUT2D eigenvalue weighted by Crippen LogP contribution is 2.17. The minimum atomic E-state index is 0.553. The van der Waals surface area contributed by atoms with Crippen LogP contribution in [0.15, 0.2) is 84.0 Å². The first-order valence-corrected chi connectivity index (χ1v) is 7.11. The van der Waals surface area contributed by atoms with Gasteiger partial charge in [-0.1, -0.05) is 36.4 Å². The topological polar surface area (TPSA) is 34.5 Å². The number of para-hydroxylation sites is 1. The third kappa shape index (κ3) is 3.58. The third-order valence-electron chi connectivity index (χ3n) is 3.11. The van der Waals surface area contributed by atoms with E-state index >= 15 is 0 Å². The fourth-order valence-corrected chi connectivity index (χ4v) is 1.97. The molecule has 3 rings (SSSR count). The minimum Gasteiger partial charge on any atom is -0.437 e. The lowest BCUT2D eigenvalue weighted by molar-refractivity contribution is 0.549. The van der Waals surface area contributed by atoms with Crippen LogP contribution in [0.4, 0.5) is 5.69 Å². The summed E-state index contributed by atoms with van der Waals surface area (Å²) in [6.45, 7) is 1.94. The molecule has 0 N–H and O–H groups in total. The number of aryl methyl sites for hydroxylation is 1. The summed E-state index contributed by atoms with van der Waals surface area (Å²) in [5, 5.41) is 0. The summed E-state index contributed by atoms with van der Waals surface area (Å²) in [6, 6.07) is 23.4. The van der Waals surface area contributed by atoms with Gasteiger partial charge in [-0.2, -0.15) is 0 Å². The molecule has 3 heteroatoms. The second-order valence-corrected chi connectivity index (χ2v) is 4.86. The molecule has 108 valence electrons. The molecular formula is C19H16N2O. The van der Waals surface area contributed by atoms with Crippen molar-refractivity contribution >= 4 is 11.6 Å². The van der Waals surface area contributed by atoms with E-state index in [0.717, 1.165) is 16.9 Å². The lowest BCUT2D eigenvalue weighted by Crippen LogP contribution is -2.10. The number of hydrogen-bond donors (Lipinski definition) is 0. The average Bonchev–Trinajstić information content (AvgIpc) is 2.58. The first-order chi connectivity index (χ1) is 10.8. The SMILES string of the molecule is Cc1ccc(OC(=Nc2ccccc2)c2ccccc2)cn1. The molecule has 1 heterocycles. The van der Waals surface area contributed by atoms with Gasteiger partial charge in [-0.3, -0.25) is 4.98 Å². The van der Waals surface area contributed by atoms with Crippen molar-refractivity contribution in [2.75, 3.05) is 0 Å². The van der Waals surface area contributed by atoms with Crippen LogP contribution in [0, 0.1) is 6.92 Å². The zero-order chi connectivity index (χ0) is 15.2. The van der Waals surface area contributed by atoms with E-state index in [0.29, 0.717) is 11.6 Å². The Bertz CT molecular complexity index is 750. The molecule has 0 unspecified atom stereocenters. The lowest BCUT2D eigenvalue weighted by atomic mass is 10.2. The Hall–Kier alpha value is -2.94. The Balaban J connectivity index is 1.96. The van der Waals surface area contributed by atoms with Crippen LogP contribution in [0.1, 0.15) is 11.3 Å². The highest BCUT2D eigenvalue weighted by atomic mass is 16.5. The third-order valence-corrected chi connectivity index (χ3v) is 3.11. The van der Waals surface area contributed by atoms with Gasteiger partial charge in [0.25, 0.3) is 0 Å². The number of benzene rings is 2. The summed E-state index contributed by atoms with van der Waals surface area (Å²) in [4.78, 5) is 8.87. The molecule has 0 fully saturated rings. The van der Waals surface area contributed by atoms with Crippen LogP contribution in [0.3, 0.4) is 0 Å². The predicted octanol–water partition coefficient (Wildman–Crippen LogP) is 4.55. The van der Waals surface area contributed by atoms with E-state index in [1.807, 2.05) is 79.7 Å². The van der Waals surface area contributed by atoms with Crippen molar-refractivity contribution in [1.29, 1.82) is 0 Å². The van der Waals surface area contributed by atoms with Crippen molar-refractivity contribution < 1.29 is 4.74 Å². The quantitative estimate of drug-likeness (QED) is 0.523. The maximum Gasteiger partial charge on any atom is 0.227 e. The Morgan fingerprint density at radius 3 is 2.18 bits per heavy atom. The summed E-state index contributed by atoms with van der Waals surface area (Å²) in [5.74, 6) is 1.22. The fourth-order valence-electron chi connectivity index (χ4n) is 1.97. The highest BCUT2D eigenvalue weighted by molar-refractivity contribution is 5.97. The molecule has 0 amide bonds. The number of aromatic nitrogens is 1. The van der Waals surface area contributed by atoms with Crippen molar-refractivity contribution in [3.8, 4) is 5.75 Å². The molecule has 0 saturated heterocycles. The number of hydrogen-bond acceptors (Lipinski definition) is 3. The van der Waals surface area contributed by atoms with Gasteiger partial charge in [-0.05, 0) is 43.3 Å². The van der Waals surface area contributed by atoms with E-state index in [9.17, 15) is 0 Å². The van der Waals surface area contributed by atoms with Crippen molar-refractivity contribution in [3.05, 3.63) is 90.3 Å². The predicted molar refractivity (Wildman–Crippen MR) is 88.7 cm³/mol. The lowest BCUT2D eigenvalue weighted by Gasteiger charge is -2.09. The Morgan fingerprint density at radius 2 is 1.55 bits per heavy atom. The molecule has 0 bridgehead atoms. The van der Waals surface area contributed by atoms with Crippen molar-refractivity contribution in [1.82, 2.24) is 4.98 Å². The van der Waals surface area contributed by atoms with E-state index in [1.165, 1.54) is 0 Å². The first-order valence-electron chi connectivity index (χ1n) is 7.11. The van der Waals surface area contributed by atoms with E-state index in [-0.39, 0.29) is 0 Å². The second-order valence-electron chi connectivity index (χ2n) is 4.86. The van der Waals surface area contributed by atoms with Crippen LogP contribution in [-0.2, 0) is 0 Å². The van der Waals surface area contributed by atoms with Gasteiger partial charge >= 0.3 is 0 Å². The molecule has 2 aromatic carbocycles. The van der Waals surface area contributed by atoms with Crippen LogP contribution in [0.2, 0.25) is 0 Å². The standard InChI is InChI=1S/C19H16N2O/c1-15-12-13-18(14-20-15)22-19(16-8-4-2-5-9-16)21-17-10-6-3-7-11-17/h2-14H,1H3. The van der Waals surface area contributed by atoms with Gasteiger partial charge in [-0.15, -0.1) is 0 Å². The summed E-state index contributed by atoms with van der Waals surface area (Å²) in [5.41, 5.74) is 2.72. The monoisotopic (exact) mass is 288 g/mol. The van der Waals surface area contributed by atoms with E-state index in [1.54, 1.807) is 6.20 Å². The first kappa shape index (κ1) is 14.0. The molecule has 0 radical (unpaired) electrons. The van der Waals surface area contributed by atoms with E-state index < -0.39 is 0 Å². The van der Waals surface area contributed by atoms with Crippen LogP contribution in [0.5, 0.6) is 5.75 Å². The largest absolute Gasteiger partial charge is 0.437 e. The van der Waals surface area contributed by atoms with Crippen LogP contribution < -0.4 is 4.74 Å². The zero-order valence-corrected chi connectivity index (χ0v) is 12.3. The van der Waals surface area contributed by atoms with E-state index in [2.05, 4.69) is 9.98 Å². The molecule has 0 aliphatic carbocycles. The maximum atomic E-state index is 5.95. The van der Waals surface area contributed by atoms with Gasteiger partial charge in [0, 0.05) is 11.3 Å². The van der Waals surface area contributed by atoms with Crippen molar-refractivity contribution in [3.63, 3.8) is 0 Å². The maximum absolute atomic E-state index is 5.95. The Morgan fingerprint density at radius 1 is 0.864 bits per heavy atom. The van der Waals surface area contributed by atoms with Gasteiger partial charge in [0.05, 0.1) is 11.9 Å². The highest BCUT2D eigenvalue weighted by Gasteiger charge is 2.07. The van der Waals surface area contributed by atoms with Gasteiger partial charge in [0.1, 0.15) is 5.75 Å². The van der Waals surface area contributed by atoms with E-state index in [4.69, 9.17) is 4.74 Å². The van der Waals surface area contributed by atoms with Crippen molar-refractivity contribution in [2.24, 2.45) is 4.99 Å². The van der Waals surface area contributed by atoms with Crippen LogP contribution >= 0.6 is 0 Å². The molecule has 0 aliphatic heterocycles. The molecular weight excluding hydrogens is 272 g/mol. The molecule has 0 aliphatic rings. The molecule has 1 aromatic heterocycles. The number of aliphatic imine (C=N–C) groups is 1. The zero-order valence-electron chi connectivity index (χ0n) is 12.3. The van der Waals surface area contributed by atoms with Crippen LogP contribution in [0.25, 0.3) is 0 Å². The molecule has 3 nitrogen and oxygen atoms in total. The molecule has 3 aromatic rings.